The Hall–Kier alpha value is -0.810. The first-order valence-electron chi connectivity index (χ1n) is 6.60. The second-order valence-corrected chi connectivity index (χ2v) is 5.89. The van der Waals surface area contributed by atoms with Gasteiger partial charge in [0.15, 0.2) is 0 Å². The van der Waals surface area contributed by atoms with E-state index in [4.69, 9.17) is 11.6 Å². The molecule has 20 heavy (non-hydrogen) atoms. The van der Waals surface area contributed by atoms with E-state index < -0.39 is 11.9 Å². The normalized spacial score (nSPS) is 12.3. The van der Waals surface area contributed by atoms with E-state index in [9.17, 15) is 9.18 Å². The molecular weight excluding hydrogens is 347 g/mol. The maximum absolute atomic E-state index is 13.1. The minimum Gasteiger partial charge on any atom is -0.372 e. The standard InChI is InChI=1S/C14H19BrClFN2O/c1-4-10(5-2)19-14(20)8(3)18-13-11(15)6-9(17)7-12(13)16/h6-8,10,18H,4-5H2,1-3H3,(H,19,20). The SMILES string of the molecule is CCC(CC)NC(=O)C(C)Nc1c(Cl)cc(F)cc1Br. The highest BCUT2D eigenvalue weighted by molar-refractivity contribution is 9.10. The number of amides is 1. The lowest BCUT2D eigenvalue weighted by Gasteiger charge is -2.21. The lowest BCUT2D eigenvalue weighted by molar-refractivity contribution is -0.122. The van der Waals surface area contributed by atoms with Gasteiger partial charge in [-0.25, -0.2) is 4.39 Å². The predicted molar refractivity (Wildman–Crippen MR) is 84.7 cm³/mol. The molecular formula is C14H19BrClFN2O. The molecule has 0 aliphatic rings. The molecule has 1 atom stereocenters. The number of hydrogen-bond donors (Lipinski definition) is 2. The van der Waals surface area contributed by atoms with Crippen LogP contribution in [0.5, 0.6) is 0 Å². The van der Waals surface area contributed by atoms with Gasteiger partial charge in [-0.15, -0.1) is 0 Å². The number of carbonyl (C=O) groups is 1. The van der Waals surface area contributed by atoms with Crippen LogP contribution in [-0.2, 0) is 4.79 Å². The summed E-state index contributed by atoms with van der Waals surface area (Å²) in [6.45, 7) is 5.80. The molecule has 2 N–H and O–H groups in total. The number of nitrogens with one attached hydrogen (secondary N) is 2. The zero-order valence-electron chi connectivity index (χ0n) is 11.8. The maximum Gasteiger partial charge on any atom is 0.242 e. The van der Waals surface area contributed by atoms with E-state index in [2.05, 4.69) is 26.6 Å². The first-order chi connectivity index (χ1) is 9.38. The van der Waals surface area contributed by atoms with Crippen LogP contribution in [0.2, 0.25) is 5.02 Å². The molecule has 0 heterocycles. The Bertz CT molecular complexity index is 457. The number of hydrogen-bond acceptors (Lipinski definition) is 2. The average Bonchev–Trinajstić information content (AvgIpc) is 2.39. The van der Waals surface area contributed by atoms with Crippen LogP contribution in [0, 0.1) is 5.82 Å². The van der Waals surface area contributed by atoms with Crippen molar-refractivity contribution in [3.05, 3.63) is 27.4 Å². The lowest BCUT2D eigenvalue weighted by Crippen LogP contribution is -2.42. The van der Waals surface area contributed by atoms with Crippen molar-refractivity contribution in [1.82, 2.24) is 5.32 Å². The Morgan fingerprint density at radius 3 is 2.50 bits per heavy atom. The van der Waals surface area contributed by atoms with Gasteiger partial charge in [-0.2, -0.15) is 0 Å². The van der Waals surface area contributed by atoms with Crippen LogP contribution in [0.3, 0.4) is 0 Å². The molecule has 0 fully saturated rings. The molecule has 112 valence electrons. The molecule has 0 spiro atoms. The van der Waals surface area contributed by atoms with Crippen molar-refractivity contribution < 1.29 is 9.18 Å². The first kappa shape index (κ1) is 17.2. The fourth-order valence-electron chi connectivity index (χ4n) is 1.78. The minimum absolute atomic E-state index is 0.106. The second-order valence-electron chi connectivity index (χ2n) is 4.63. The molecule has 0 radical (unpaired) electrons. The van der Waals surface area contributed by atoms with Gasteiger partial charge >= 0.3 is 0 Å². The zero-order chi connectivity index (χ0) is 15.3. The van der Waals surface area contributed by atoms with Crippen molar-refractivity contribution in [3.8, 4) is 0 Å². The summed E-state index contributed by atoms with van der Waals surface area (Å²) in [5.74, 6) is -0.535. The van der Waals surface area contributed by atoms with Crippen LogP contribution in [-0.4, -0.2) is 18.0 Å². The highest BCUT2D eigenvalue weighted by Gasteiger charge is 2.18. The molecule has 0 aliphatic heterocycles. The molecule has 0 aromatic heterocycles. The van der Waals surface area contributed by atoms with Crippen molar-refractivity contribution in [2.24, 2.45) is 0 Å². The van der Waals surface area contributed by atoms with Gasteiger partial charge in [-0.3, -0.25) is 4.79 Å². The van der Waals surface area contributed by atoms with Gasteiger partial charge in [0, 0.05) is 10.5 Å². The molecule has 0 bridgehead atoms. The first-order valence-corrected chi connectivity index (χ1v) is 7.77. The maximum atomic E-state index is 13.1. The van der Waals surface area contributed by atoms with Gasteiger partial charge in [0.25, 0.3) is 0 Å². The number of rotatable bonds is 6. The third kappa shape index (κ3) is 4.63. The Kier molecular flexibility index (Phi) is 6.76. The summed E-state index contributed by atoms with van der Waals surface area (Å²) < 4.78 is 13.6. The molecule has 1 unspecified atom stereocenters. The summed E-state index contributed by atoms with van der Waals surface area (Å²) in [6.07, 6.45) is 1.77. The molecule has 6 heteroatoms. The summed E-state index contributed by atoms with van der Waals surface area (Å²) in [7, 11) is 0. The van der Waals surface area contributed by atoms with E-state index in [1.165, 1.54) is 12.1 Å². The van der Waals surface area contributed by atoms with E-state index in [-0.39, 0.29) is 17.0 Å². The topological polar surface area (TPSA) is 41.1 Å². The third-order valence-electron chi connectivity index (χ3n) is 3.09. The second kappa shape index (κ2) is 7.84. The lowest BCUT2D eigenvalue weighted by atomic mass is 10.1. The van der Waals surface area contributed by atoms with Gasteiger partial charge in [0.05, 0.1) is 10.7 Å². The van der Waals surface area contributed by atoms with Crippen molar-refractivity contribution >= 4 is 39.1 Å². The number of anilines is 1. The highest BCUT2D eigenvalue weighted by atomic mass is 79.9. The monoisotopic (exact) mass is 364 g/mol. The Morgan fingerprint density at radius 1 is 1.40 bits per heavy atom. The van der Waals surface area contributed by atoms with Gasteiger partial charge in [0.1, 0.15) is 11.9 Å². The summed E-state index contributed by atoms with van der Waals surface area (Å²) in [5.41, 5.74) is 0.514. The summed E-state index contributed by atoms with van der Waals surface area (Å²) in [6, 6.07) is 2.22. The molecule has 3 nitrogen and oxygen atoms in total. The van der Waals surface area contributed by atoms with Crippen LogP contribution in [0.1, 0.15) is 33.6 Å². The van der Waals surface area contributed by atoms with Crippen LogP contribution in [0.25, 0.3) is 0 Å². The van der Waals surface area contributed by atoms with Crippen LogP contribution < -0.4 is 10.6 Å². The Balaban J connectivity index is 2.76. The van der Waals surface area contributed by atoms with Gasteiger partial charge in [0.2, 0.25) is 5.91 Å². The summed E-state index contributed by atoms with van der Waals surface area (Å²) >= 11 is 9.21. The highest BCUT2D eigenvalue weighted by Crippen LogP contribution is 2.32. The number of halogens is 3. The average molecular weight is 366 g/mol. The largest absolute Gasteiger partial charge is 0.372 e. The van der Waals surface area contributed by atoms with E-state index >= 15 is 0 Å². The van der Waals surface area contributed by atoms with E-state index in [1.54, 1.807) is 6.92 Å². The van der Waals surface area contributed by atoms with Gasteiger partial charge < -0.3 is 10.6 Å². The van der Waals surface area contributed by atoms with Gasteiger partial charge in [-0.05, 0) is 47.8 Å². The molecule has 1 amide bonds. The quantitative estimate of drug-likeness (QED) is 0.787. The van der Waals surface area contributed by atoms with Crippen molar-refractivity contribution in [2.45, 2.75) is 45.7 Å². The zero-order valence-corrected chi connectivity index (χ0v) is 14.1. The summed E-state index contributed by atoms with van der Waals surface area (Å²) in [5, 5.41) is 6.19. The van der Waals surface area contributed by atoms with E-state index in [1.807, 2.05) is 13.8 Å². The summed E-state index contributed by atoms with van der Waals surface area (Å²) in [4.78, 5) is 12.1. The third-order valence-corrected chi connectivity index (χ3v) is 4.02. The molecule has 1 aromatic rings. The van der Waals surface area contributed by atoms with E-state index in [0.717, 1.165) is 12.8 Å². The number of benzene rings is 1. The fourth-order valence-corrected chi connectivity index (χ4v) is 2.70. The minimum atomic E-state index is -0.463. The molecule has 1 aromatic carbocycles. The Morgan fingerprint density at radius 2 is 2.00 bits per heavy atom. The van der Waals surface area contributed by atoms with Crippen LogP contribution in [0.4, 0.5) is 10.1 Å². The fraction of sp³-hybridized carbons (Fsp3) is 0.500. The molecule has 0 saturated carbocycles. The molecule has 0 saturated heterocycles. The molecule has 0 aliphatic carbocycles. The van der Waals surface area contributed by atoms with Crippen molar-refractivity contribution in [2.75, 3.05) is 5.32 Å². The number of carbonyl (C=O) groups excluding carboxylic acids is 1. The Labute approximate surface area is 132 Å². The van der Waals surface area contributed by atoms with Crippen molar-refractivity contribution in [3.63, 3.8) is 0 Å². The van der Waals surface area contributed by atoms with Gasteiger partial charge in [-0.1, -0.05) is 25.4 Å². The van der Waals surface area contributed by atoms with Crippen molar-refractivity contribution in [1.29, 1.82) is 0 Å². The smallest absolute Gasteiger partial charge is 0.242 e. The van der Waals surface area contributed by atoms with E-state index in [0.29, 0.717) is 10.2 Å². The predicted octanol–water partition coefficient (Wildman–Crippen LogP) is 4.35. The van der Waals surface area contributed by atoms with Crippen LogP contribution in [0.15, 0.2) is 16.6 Å². The van der Waals surface area contributed by atoms with Crippen LogP contribution >= 0.6 is 27.5 Å². The molecule has 1 rings (SSSR count).